The van der Waals surface area contributed by atoms with Crippen LogP contribution in [0.5, 0.6) is 0 Å². The molecule has 0 aliphatic rings. The van der Waals surface area contributed by atoms with E-state index in [1.807, 2.05) is 36.4 Å². The van der Waals surface area contributed by atoms with Crippen LogP contribution in [0.1, 0.15) is 5.56 Å². The van der Waals surface area contributed by atoms with Gasteiger partial charge in [0, 0.05) is 24.3 Å². The van der Waals surface area contributed by atoms with Gasteiger partial charge in [0.25, 0.3) is 5.91 Å². The lowest BCUT2D eigenvalue weighted by Crippen LogP contribution is -2.09. The molecule has 3 rings (SSSR count). The van der Waals surface area contributed by atoms with Crippen molar-refractivity contribution in [2.24, 2.45) is 0 Å². The number of carbonyl (C=O) groups excluding carboxylic acids is 1. The Hall–Kier alpha value is -3.05. The van der Waals surface area contributed by atoms with Gasteiger partial charge in [-0.1, -0.05) is 30.3 Å². The van der Waals surface area contributed by atoms with Crippen LogP contribution < -0.4 is 5.32 Å². The normalized spacial score (nSPS) is 11.1. The van der Waals surface area contributed by atoms with Gasteiger partial charge < -0.3 is 19.8 Å². The highest BCUT2D eigenvalue weighted by Crippen LogP contribution is 2.30. The van der Waals surface area contributed by atoms with Crippen LogP contribution in [0.2, 0.25) is 0 Å². The van der Waals surface area contributed by atoms with Crippen LogP contribution in [0.4, 0.5) is 5.69 Å². The molecular formula is C20H20N2O3. The molecule has 2 aromatic carbocycles. The number of fused-ring (bicyclic) bond motifs is 1. The van der Waals surface area contributed by atoms with Gasteiger partial charge >= 0.3 is 0 Å². The third-order valence-corrected chi connectivity index (χ3v) is 3.80. The molecule has 0 radical (unpaired) electrons. The number of anilines is 1. The molecule has 0 unspecified atom stereocenters. The lowest BCUT2D eigenvalue weighted by Gasteiger charge is -2.08. The van der Waals surface area contributed by atoms with Crippen LogP contribution in [-0.2, 0) is 20.9 Å². The van der Waals surface area contributed by atoms with Crippen LogP contribution in [0, 0.1) is 0 Å². The van der Waals surface area contributed by atoms with Crippen molar-refractivity contribution in [3.8, 4) is 11.3 Å². The van der Waals surface area contributed by atoms with Gasteiger partial charge in [0.2, 0.25) is 0 Å². The second-order valence-electron chi connectivity index (χ2n) is 5.62. The Morgan fingerprint density at radius 3 is 2.68 bits per heavy atom. The van der Waals surface area contributed by atoms with E-state index in [0.29, 0.717) is 12.3 Å². The first kappa shape index (κ1) is 16.8. The fraction of sp³-hybridized carbons (Fsp3) is 0.150. The molecule has 5 heteroatoms. The molecule has 3 aromatic rings. The molecule has 25 heavy (non-hydrogen) atoms. The zero-order chi connectivity index (χ0) is 17.6. The van der Waals surface area contributed by atoms with Crippen LogP contribution in [0.25, 0.3) is 22.2 Å². The molecule has 5 nitrogen and oxygen atoms in total. The highest BCUT2D eigenvalue weighted by atomic mass is 16.5. The monoisotopic (exact) mass is 336 g/mol. The Morgan fingerprint density at radius 1 is 1.16 bits per heavy atom. The smallest absolute Gasteiger partial charge is 0.251 e. The number of aromatic nitrogens is 1. The van der Waals surface area contributed by atoms with Crippen molar-refractivity contribution in [2.45, 2.75) is 6.61 Å². The summed E-state index contributed by atoms with van der Waals surface area (Å²) in [5.41, 5.74) is 4.65. The number of methoxy groups -OCH3 is 2. The van der Waals surface area contributed by atoms with E-state index in [9.17, 15) is 4.79 Å². The van der Waals surface area contributed by atoms with Crippen molar-refractivity contribution in [3.63, 3.8) is 0 Å². The molecular weight excluding hydrogens is 316 g/mol. The first-order chi connectivity index (χ1) is 12.2. The SMILES string of the molecule is COC=CC(=O)Nc1cc(COC)cc2cc(-c3ccccc3)[nH]c12. The Bertz CT molecular complexity index is 898. The minimum Gasteiger partial charge on any atom is -0.504 e. The van der Waals surface area contributed by atoms with Gasteiger partial charge in [-0.3, -0.25) is 4.79 Å². The van der Waals surface area contributed by atoms with Crippen LogP contribution in [0.3, 0.4) is 0 Å². The Kier molecular flexibility index (Phi) is 5.16. The van der Waals surface area contributed by atoms with E-state index in [4.69, 9.17) is 9.47 Å². The van der Waals surface area contributed by atoms with Crippen molar-refractivity contribution < 1.29 is 14.3 Å². The van der Waals surface area contributed by atoms with Gasteiger partial charge in [-0.15, -0.1) is 0 Å². The highest BCUT2D eigenvalue weighted by molar-refractivity contribution is 6.06. The van der Waals surface area contributed by atoms with Crippen molar-refractivity contribution >= 4 is 22.5 Å². The number of benzene rings is 2. The first-order valence-electron chi connectivity index (χ1n) is 7.91. The fourth-order valence-electron chi connectivity index (χ4n) is 2.73. The van der Waals surface area contributed by atoms with E-state index in [0.717, 1.165) is 27.7 Å². The summed E-state index contributed by atoms with van der Waals surface area (Å²) in [5.74, 6) is -0.256. The molecule has 1 amide bonds. The van der Waals surface area contributed by atoms with Gasteiger partial charge in [0.05, 0.1) is 31.2 Å². The second kappa shape index (κ2) is 7.68. The summed E-state index contributed by atoms with van der Waals surface area (Å²) in [7, 11) is 3.15. The summed E-state index contributed by atoms with van der Waals surface area (Å²) in [6.45, 7) is 0.471. The second-order valence-corrected chi connectivity index (χ2v) is 5.62. The maximum absolute atomic E-state index is 12.0. The fourth-order valence-corrected chi connectivity index (χ4v) is 2.73. The minimum absolute atomic E-state index is 0.256. The predicted molar refractivity (Wildman–Crippen MR) is 99.2 cm³/mol. The van der Waals surface area contributed by atoms with E-state index < -0.39 is 0 Å². The van der Waals surface area contributed by atoms with E-state index in [2.05, 4.69) is 22.4 Å². The molecule has 0 atom stereocenters. The Morgan fingerprint density at radius 2 is 1.96 bits per heavy atom. The summed E-state index contributed by atoms with van der Waals surface area (Å²) < 4.78 is 10.0. The molecule has 2 N–H and O–H groups in total. The van der Waals surface area contributed by atoms with Crippen LogP contribution in [0.15, 0.2) is 60.9 Å². The van der Waals surface area contributed by atoms with Crippen molar-refractivity contribution in [3.05, 3.63) is 66.4 Å². The molecule has 0 bridgehead atoms. The molecule has 0 saturated carbocycles. The van der Waals surface area contributed by atoms with Gasteiger partial charge in [0.1, 0.15) is 0 Å². The molecule has 1 heterocycles. The van der Waals surface area contributed by atoms with Gasteiger partial charge in [0.15, 0.2) is 0 Å². The van der Waals surface area contributed by atoms with Gasteiger partial charge in [-0.25, -0.2) is 0 Å². The number of carbonyl (C=O) groups is 1. The average molecular weight is 336 g/mol. The predicted octanol–water partition coefficient (Wildman–Crippen LogP) is 4.08. The standard InChI is InChI=1S/C20H20N2O3/c1-24-9-8-19(23)21-18-11-14(13-25-2)10-16-12-17(22-20(16)18)15-6-4-3-5-7-15/h3-12,22H,13H2,1-2H3,(H,21,23). The molecule has 0 saturated heterocycles. The summed E-state index contributed by atoms with van der Waals surface area (Å²) in [6.07, 6.45) is 2.69. The molecule has 0 aliphatic carbocycles. The molecule has 0 spiro atoms. The lowest BCUT2D eigenvalue weighted by molar-refractivity contribution is -0.112. The summed E-state index contributed by atoms with van der Waals surface area (Å²) in [5, 5.41) is 3.90. The zero-order valence-corrected chi connectivity index (χ0v) is 14.2. The molecule has 0 fully saturated rings. The number of hydrogen-bond donors (Lipinski definition) is 2. The number of nitrogens with one attached hydrogen (secondary N) is 2. The Balaban J connectivity index is 2.05. The number of H-pyrrole nitrogens is 1. The largest absolute Gasteiger partial charge is 0.504 e. The quantitative estimate of drug-likeness (QED) is 0.527. The van der Waals surface area contributed by atoms with Crippen LogP contribution >= 0.6 is 0 Å². The maximum atomic E-state index is 12.0. The topological polar surface area (TPSA) is 63.4 Å². The summed E-state index contributed by atoms with van der Waals surface area (Å²) in [4.78, 5) is 15.4. The Labute approximate surface area is 146 Å². The number of amides is 1. The third kappa shape index (κ3) is 3.89. The number of hydrogen-bond acceptors (Lipinski definition) is 3. The minimum atomic E-state index is -0.256. The van der Waals surface area contributed by atoms with Crippen molar-refractivity contribution in [1.82, 2.24) is 4.98 Å². The maximum Gasteiger partial charge on any atom is 0.251 e. The highest BCUT2D eigenvalue weighted by Gasteiger charge is 2.11. The van der Waals surface area contributed by atoms with Crippen LogP contribution in [-0.4, -0.2) is 25.1 Å². The number of aromatic amines is 1. The molecule has 1 aromatic heterocycles. The third-order valence-electron chi connectivity index (χ3n) is 3.80. The van der Waals surface area contributed by atoms with Gasteiger partial charge in [-0.05, 0) is 29.3 Å². The summed E-state index contributed by atoms with van der Waals surface area (Å²) >= 11 is 0. The van der Waals surface area contributed by atoms with E-state index in [1.165, 1.54) is 19.4 Å². The van der Waals surface area contributed by atoms with Crippen molar-refractivity contribution in [1.29, 1.82) is 0 Å². The van der Waals surface area contributed by atoms with Crippen molar-refractivity contribution in [2.75, 3.05) is 19.5 Å². The number of rotatable bonds is 6. The average Bonchev–Trinajstić information content (AvgIpc) is 3.05. The van der Waals surface area contributed by atoms with E-state index in [-0.39, 0.29) is 5.91 Å². The lowest BCUT2D eigenvalue weighted by atomic mass is 10.1. The van der Waals surface area contributed by atoms with Gasteiger partial charge in [-0.2, -0.15) is 0 Å². The summed E-state index contributed by atoms with van der Waals surface area (Å²) in [6, 6.07) is 16.1. The van der Waals surface area contributed by atoms with E-state index >= 15 is 0 Å². The zero-order valence-electron chi connectivity index (χ0n) is 14.2. The molecule has 128 valence electrons. The van der Waals surface area contributed by atoms with E-state index in [1.54, 1.807) is 7.11 Å². The number of ether oxygens (including phenoxy) is 2. The first-order valence-corrected chi connectivity index (χ1v) is 7.91. The molecule has 0 aliphatic heterocycles.